The number of carbonyl (C=O) groups excluding carboxylic acids is 2. The van der Waals surface area contributed by atoms with Gasteiger partial charge >= 0.3 is 12.1 Å². The SMILES string of the molecule is COC(=O)c1c(N)c(C#N)cn1-c1cccc(F)c1OC1CCN(C(=O)OC(C)(C)C)CC1. The summed E-state index contributed by atoms with van der Waals surface area (Å²) in [6.07, 6.45) is 1.50. The van der Waals surface area contributed by atoms with E-state index < -0.39 is 23.5 Å². The lowest BCUT2D eigenvalue weighted by molar-refractivity contribution is 0.0123. The number of aromatic nitrogens is 1. The summed E-state index contributed by atoms with van der Waals surface area (Å²) in [7, 11) is 1.19. The Hall–Kier alpha value is -3.74. The van der Waals surface area contributed by atoms with Gasteiger partial charge in [-0.05, 0) is 32.9 Å². The van der Waals surface area contributed by atoms with Crippen LogP contribution in [0.25, 0.3) is 5.69 Å². The number of carbonyl (C=O) groups is 2. The van der Waals surface area contributed by atoms with Gasteiger partial charge in [0, 0.05) is 32.1 Å². The number of esters is 1. The summed E-state index contributed by atoms with van der Waals surface area (Å²) in [5.41, 5.74) is 5.47. The van der Waals surface area contributed by atoms with Crippen molar-refractivity contribution in [1.29, 1.82) is 5.26 Å². The lowest BCUT2D eigenvalue weighted by Gasteiger charge is -2.33. The minimum absolute atomic E-state index is 0.0521. The molecule has 33 heavy (non-hydrogen) atoms. The molecule has 2 N–H and O–H groups in total. The van der Waals surface area contributed by atoms with E-state index in [-0.39, 0.29) is 34.5 Å². The summed E-state index contributed by atoms with van der Waals surface area (Å²) < 4.78 is 32.3. The van der Waals surface area contributed by atoms with Crippen molar-refractivity contribution in [2.45, 2.75) is 45.3 Å². The van der Waals surface area contributed by atoms with E-state index >= 15 is 0 Å². The monoisotopic (exact) mass is 458 g/mol. The third kappa shape index (κ3) is 5.19. The van der Waals surface area contributed by atoms with Crippen molar-refractivity contribution >= 4 is 17.7 Å². The van der Waals surface area contributed by atoms with Crippen molar-refractivity contribution in [2.75, 3.05) is 25.9 Å². The van der Waals surface area contributed by atoms with E-state index in [1.807, 2.05) is 6.07 Å². The van der Waals surface area contributed by atoms with Crippen molar-refractivity contribution in [3.8, 4) is 17.5 Å². The number of nitrogen functional groups attached to an aromatic ring is 1. The fraction of sp³-hybridized carbons (Fsp3) is 0.435. The van der Waals surface area contributed by atoms with Crippen LogP contribution in [0, 0.1) is 17.1 Å². The number of ether oxygens (including phenoxy) is 3. The Bertz CT molecular complexity index is 1090. The molecule has 1 saturated heterocycles. The summed E-state index contributed by atoms with van der Waals surface area (Å²) in [5, 5.41) is 9.34. The fourth-order valence-corrected chi connectivity index (χ4v) is 3.56. The van der Waals surface area contributed by atoms with Crippen LogP contribution >= 0.6 is 0 Å². The zero-order chi connectivity index (χ0) is 24.3. The summed E-state index contributed by atoms with van der Waals surface area (Å²) >= 11 is 0. The predicted molar refractivity (Wildman–Crippen MR) is 118 cm³/mol. The molecule has 1 aliphatic heterocycles. The van der Waals surface area contributed by atoms with Crippen LogP contribution < -0.4 is 10.5 Å². The van der Waals surface area contributed by atoms with E-state index in [1.54, 1.807) is 31.7 Å². The standard InChI is InChI=1S/C23H27FN4O5/c1-23(2,3)33-22(30)27-10-8-15(9-11-27)32-20-16(24)6-5-7-17(20)28-13-14(12-25)18(26)19(28)21(29)31-4/h5-7,13,15H,8-11,26H2,1-4H3. The van der Waals surface area contributed by atoms with Crippen LogP contribution in [0.5, 0.6) is 5.75 Å². The molecule has 0 unspecified atom stereocenters. The number of hydrogen-bond donors (Lipinski definition) is 1. The second-order valence-corrected chi connectivity index (χ2v) is 8.65. The van der Waals surface area contributed by atoms with Crippen molar-refractivity contribution < 1.29 is 28.2 Å². The lowest BCUT2D eigenvalue weighted by Crippen LogP contribution is -2.44. The number of rotatable bonds is 4. The van der Waals surface area contributed by atoms with E-state index in [4.69, 9.17) is 19.9 Å². The Morgan fingerprint density at radius 1 is 1.24 bits per heavy atom. The maximum atomic E-state index is 14.9. The summed E-state index contributed by atoms with van der Waals surface area (Å²) in [5.74, 6) is -1.49. The van der Waals surface area contributed by atoms with E-state index in [0.29, 0.717) is 25.9 Å². The molecule has 0 aliphatic carbocycles. The van der Waals surface area contributed by atoms with Gasteiger partial charge in [-0.1, -0.05) is 6.07 Å². The minimum atomic E-state index is -0.769. The van der Waals surface area contributed by atoms with Gasteiger partial charge in [-0.3, -0.25) is 0 Å². The van der Waals surface area contributed by atoms with Gasteiger partial charge in [0.1, 0.15) is 17.8 Å². The topological polar surface area (TPSA) is 120 Å². The first-order valence-electron chi connectivity index (χ1n) is 10.5. The van der Waals surface area contributed by atoms with Crippen molar-refractivity contribution in [2.24, 2.45) is 0 Å². The summed E-state index contributed by atoms with van der Waals surface area (Å²) in [4.78, 5) is 26.2. The maximum absolute atomic E-state index is 14.9. The second-order valence-electron chi connectivity index (χ2n) is 8.65. The Morgan fingerprint density at radius 2 is 1.91 bits per heavy atom. The highest BCUT2D eigenvalue weighted by molar-refractivity contribution is 5.96. The Labute approximate surface area is 191 Å². The van der Waals surface area contributed by atoms with Crippen LogP contribution in [0.2, 0.25) is 0 Å². The molecule has 0 saturated carbocycles. The van der Waals surface area contributed by atoms with E-state index in [0.717, 1.165) is 0 Å². The molecule has 9 nitrogen and oxygen atoms in total. The fourth-order valence-electron chi connectivity index (χ4n) is 3.56. The highest BCUT2D eigenvalue weighted by Gasteiger charge is 2.30. The van der Waals surface area contributed by atoms with Crippen LogP contribution in [0.1, 0.15) is 49.7 Å². The third-order valence-corrected chi connectivity index (χ3v) is 5.13. The number of halogens is 1. The number of likely N-dealkylation sites (tertiary alicyclic amines) is 1. The maximum Gasteiger partial charge on any atom is 0.410 e. The van der Waals surface area contributed by atoms with Crippen molar-refractivity contribution in [3.63, 3.8) is 0 Å². The molecule has 3 rings (SSSR count). The van der Waals surface area contributed by atoms with Gasteiger partial charge in [0.15, 0.2) is 17.3 Å². The Morgan fingerprint density at radius 3 is 2.48 bits per heavy atom. The Balaban J connectivity index is 1.85. The van der Waals surface area contributed by atoms with Gasteiger partial charge < -0.3 is 29.4 Å². The predicted octanol–water partition coefficient (Wildman–Crippen LogP) is 3.64. The molecule has 1 fully saturated rings. The lowest BCUT2D eigenvalue weighted by atomic mass is 10.1. The molecule has 1 aliphatic rings. The first kappa shape index (κ1) is 23.9. The van der Waals surface area contributed by atoms with Crippen LogP contribution in [-0.2, 0) is 9.47 Å². The normalized spacial score (nSPS) is 14.5. The molecular formula is C23H27FN4O5. The number of piperidine rings is 1. The van der Waals surface area contributed by atoms with Gasteiger partial charge in [0.2, 0.25) is 0 Å². The smallest absolute Gasteiger partial charge is 0.410 e. The van der Waals surface area contributed by atoms with Crippen molar-refractivity contribution in [1.82, 2.24) is 9.47 Å². The van der Waals surface area contributed by atoms with E-state index in [1.165, 1.54) is 30.0 Å². The average molecular weight is 458 g/mol. The molecule has 1 aromatic heterocycles. The number of benzene rings is 1. The van der Waals surface area contributed by atoms with Crippen LogP contribution in [0.3, 0.4) is 0 Å². The number of nitrogens with two attached hydrogens (primary N) is 1. The van der Waals surface area contributed by atoms with Gasteiger partial charge in [-0.15, -0.1) is 0 Å². The number of hydrogen-bond acceptors (Lipinski definition) is 7. The number of nitriles is 1. The highest BCUT2D eigenvalue weighted by atomic mass is 19.1. The molecule has 1 aromatic carbocycles. The zero-order valence-electron chi connectivity index (χ0n) is 19.1. The molecule has 1 amide bonds. The largest absolute Gasteiger partial charge is 0.485 e. The first-order valence-corrected chi connectivity index (χ1v) is 10.5. The molecule has 2 aromatic rings. The molecular weight excluding hydrogens is 431 g/mol. The average Bonchev–Trinajstić information content (AvgIpc) is 3.10. The zero-order valence-corrected chi connectivity index (χ0v) is 19.1. The molecule has 176 valence electrons. The molecule has 0 spiro atoms. The molecule has 2 heterocycles. The number of methoxy groups -OCH3 is 1. The number of amides is 1. The quantitative estimate of drug-likeness (QED) is 0.695. The molecule has 10 heteroatoms. The number of para-hydroxylation sites is 1. The highest BCUT2D eigenvalue weighted by Crippen LogP contribution is 2.33. The molecule has 0 bridgehead atoms. The molecule has 0 radical (unpaired) electrons. The first-order chi connectivity index (χ1) is 15.6. The third-order valence-electron chi connectivity index (χ3n) is 5.13. The summed E-state index contributed by atoms with van der Waals surface area (Å²) in [6.45, 7) is 6.19. The van der Waals surface area contributed by atoms with Crippen LogP contribution in [0.4, 0.5) is 14.9 Å². The van der Waals surface area contributed by atoms with Gasteiger partial charge in [0.05, 0.1) is 24.0 Å². The number of nitrogens with zero attached hydrogens (tertiary/aromatic N) is 3. The summed E-state index contributed by atoms with van der Waals surface area (Å²) in [6, 6.07) is 6.18. The molecule has 0 atom stereocenters. The number of anilines is 1. The van der Waals surface area contributed by atoms with E-state index in [2.05, 4.69) is 0 Å². The van der Waals surface area contributed by atoms with Crippen LogP contribution in [0.15, 0.2) is 24.4 Å². The van der Waals surface area contributed by atoms with Gasteiger partial charge in [-0.2, -0.15) is 5.26 Å². The van der Waals surface area contributed by atoms with Gasteiger partial charge in [0.25, 0.3) is 0 Å². The second kappa shape index (κ2) is 9.40. The Kier molecular flexibility index (Phi) is 6.81. The minimum Gasteiger partial charge on any atom is -0.485 e. The van der Waals surface area contributed by atoms with Crippen LogP contribution in [-0.4, -0.2) is 53.4 Å². The van der Waals surface area contributed by atoms with Crippen molar-refractivity contribution in [3.05, 3.63) is 41.5 Å². The van der Waals surface area contributed by atoms with Gasteiger partial charge in [-0.25, -0.2) is 14.0 Å². The van der Waals surface area contributed by atoms with E-state index in [9.17, 15) is 19.2 Å².